The number of halogens is 2. The number of aromatic nitrogens is 2. The van der Waals surface area contributed by atoms with E-state index in [9.17, 15) is 4.79 Å². The quantitative estimate of drug-likeness (QED) is 0.244. The molecule has 0 saturated carbocycles. The molecule has 0 radical (unpaired) electrons. The Bertz CT molecular complexity index is 1090. The van der Waals surface area contributed by atoms with Crippen molar-refractivity contribution in [1.29, 1.82) is 0 Å². The van der Waals surface area contributed by atoms with Gasteiger partial charge in [-0.05, 0) is 30.3 Å². The van der Waals surface area contributed by atoms with Gasteiger partial charge in [0.05, 0.1) is 26.4 Å². The van der Waals surface area contributed by atoms with Crippen molar-refractivity contribution in [2.24, 2.45) is 0 Å². The van der Waals surface area contributed by atoms with Crippen molar-refractivity contribution in [3.63, 3.8) is 0 Å². The smallest absolute Gasteiger partial charge is 0.345 e. The minimum atomic E-state index is -0.565. The molecule has 26 heavy (non-hydrogen) atoms. The molecular formula is C19H10Cl2N2O2S. The highest BCUT2D eigenvalue weighted by atomic mass is 35.5. The number of nitrogens with zero attached hydrogens (tertiary/aromatic N) is 2. The Balaban J connectivity index is 1.69. The van der Waals surface area contributed by atoms with Crippen LogP contribution in [-0.2, 0) is 0 Å². The third kappa shape index (κ3) is 3.29. The van der Waals surface area contributed by atoms with E-state index in [1.807, 2.05) is 36.4 Å². The summed E-state index contributed by atoms with van der Waals surface area (Å²) in [6.07, 6.45) is 1.33. The van der Waals surface area contributed by atoms with Crippen LogP contribution in [0.2, 0.25) is 10.2 Å². The van der Waals surface area contributed by atoms with Crippen LogP contribution in [-0.4, -0.2) is 15.9 Å². The number of fused-ring (bicyclic) bond motifs is 1. The van der Waals surface area contributed by atoms with Gasteiger partial charge in [-0.3, -0.25) is 0 Å². The van der Waals surface area contributed by atoms with Crippen molar-refractivity contribution >= 4 is 50.7 Å². The van der Waals surface area contributed by atoms with Crippen LogP contribution in [0.1, 0.15) is 10.4 Å². The second kappa shape index (κ2) is 7.03. The molecule has 0 saturated heterocycles. The number of hydrogen-bond donors (Lipinski definition) is 0. The standard InChI is InChI=1S/C19H10Cl2N2O2S/c20-13-9-11(10-22-17(13)21)19(24)25-15-7-3-1-5-12(15)18-23-14-6-2-4-8-16(14)26-18/h1-10H. The van der Waals surface area contributed by atoms with Crippen LogP contribution in [0.15, 0.2) is 60.8 Å². The second-order valence-corrected chi connectivity index (χ2v) is 7.16. The Morgan fingerprint density at radius 1 is 1.04 bits per heavy atom. The Morgan fingerprint density at radius 2 is 1.81 bits per heavy atom. The van der Waals surface area contributed by atoms with Gasteiger partial charge < -0.3 is 4.74 Å². The SMILES string of the molecule is O=C(Oc1ccccc1-c1nc2ccccc2s1)c1cnc(Cl)c(Cl)c1. The summed E-state index contributed by atoms with van der Waals surface area (Å²) in [6.45, 7) is 0. The molecule has 2 aromatic heterocycles. The average molecular weight is 401 g/mol. The van der Waals surface area contributed by atoms with Gasteiger partial charge in [-0.1, -0.05) is 47.5 Å². The number of ether oxygens (including phenoxy) is 1. The first kappa shape index (κ1) is 17.0. The van der Waals surface area contributed by atoms with E-state index in [2.05, 4.69) is 9.97 Å². The molecule has 0 unspecified atom stereocenters. The summed E-state index contributed by atoms with van der Waals surface area (Å²) in [5.74, 6) is -0.146. The van der Waals surface area contributed by atoms with Crippen LogP contribution >= 0.6 is 34.5 Å². The van der Waals surface area contributed by atoms with Gasteiger partial charge in [0, 0.05) is 6.20 Å². The fourth-order valence-electron chi connectivity index (χ4n) is 2.41. The van der Waals surface area contributed by atoms with Crippen LogP contribution in [0, 0.1) is 0 Å². The molecule has 0 atom stereocenters. The van der Waals surface area contributed by atoms with Crippen molar-refractivity contribution < 1.29 is 9.53 Å². The molecule has 0 amide bonds. The third-order valence-electron chi connectivity index (χ3n) is 3.65. The van der Waals surface area contributed by atoms with Crippen molar-refractivity contribution in [3.05, 3.63) is 76.5 Å². The Morgan fingerprint density at radius 3 is 2.62 bits per heavy atom. The maximum absolute atomic E-state index is 12.5. The summed E-state index contributed by atoms with van der Waals surface area (Å²) in [5, 5.41) is 1.11. The van der Waals surface area contributed by atoms with E-state index in [0.717, 1.165) is 20.8 Å². The lowest BCUT2D eigenvalue weighted by Crippen LogP contribution is -2.09. The predicted molar refractivity (Wildman–Crippen MR) is 104 cm³/mol. The molecule has 0 aliphatic heterocycles. The second-order valence-electron chi connectivity index (χ2n) is 5.37. The number of para-hydroxylation sites is 2. The largest absolute Gasteiger partial charge is 0.422 e. The summed E-state index contributed by atoms with van der Waals surface area (Å²) in [7, 11) is 0. The normalized spacial score (nSPS) is 10.8. The van der Waals surface area contributed by atoms with Crippen LogP contribution < -0.4 is 4.74 Å². The summed E-state index contributed by atoms with van der Waals surface area (Å²) in [5.41, 5.74) is 1.87. The molecule has 128 valence electrons. The lowest BCUT2D eigenvalue weighted by atomic mass is 10.2. The number of rotatable bonds is 3. The first-order valence-corrected chi connectivity index (χ1v) is 9.17. The molecule has 4 nitrogen and oxygen atoms in total. The number of thiazole rings is 1. The van der Waals surface area contributed by atoms with Crippen LogP contribution in [0.4, 0.5) is 0 Å². The summed E-state index contributed by atoms with van der Waals surface area (Å²) < 4.78 is 6.63. The molecule has 0 aliphatic rings. The van der Waals surface area contributed by atoms with Gasteiger partial charge in [-0.15, -0.1) is 11.3 Å². The molecular weight excluding hydrogens is 391 g/mol. The predicted octanol–water partition coefficient (Wildman–Crippen LogP) is 5.88. The first-order valence-electron chi connectivity index (χ1n) is 7.60. The number of carbonyl (C=O) groups excluding carboxylic acids is 1. The molecule has 0 N–H and O–H groups in total. The van der Waals surface area contributed by atoms with Crippen LogP contribution in [0.25, 0.3) is 20.8 Å². The minimum Gasteiger partial charge on any atom is -0.422 e. The summed E-state index contributed by atoms with van der Waals surface area (Å²) in [6, 6.07) is 16.6. The van der Waals surface area contributed by atoms with Gasteiger partial charge >= 0.3 is 5.97 Å². The van der Waals surface area contributed by atoms with E-state index in [0.29, 0.717) is 5.75 Å². The molecule has 0 bridgehead atoms. The monoisotopic (exact) mass is 400 g/mol. The number of carbonyl (C=O) groups is 1. The van der Waals surface area contributed by atoms with Gasteiger partial charge in [0.25, 0.3) is 0 Å². The van der Waals surface area contributed by atoms with Gasteiger partial charge in [0.15, 0.2) is 0 Å². The van der Waals surface area contributed by atoms with E-state index in [4.69, 9.17) is 27.9 Å². The van der Waals surface area contributed by atoms with E-state index < -0.39 is 5.97 Å². The molecule has 0 fully saturated rings. The Hall–Kier alpha value is -2.47. The zero-order valence-electron chi connectivity index (χ0n) is 13.1. The molecule has 2 aromatic carbocycles. The topological polar surface area (TPSA) is 52.1 Å². The average Bonchev–Trinajstić information content (AvgIpc) is 3.08. The minimum absolute atomic E-state index is 0.137. The fraction of sp³-hybridized carbons (Fsp3) is 0. The summed E-state index contributed by atoms with van der Waals surface area (Å²) >= 11 is 13.2. The molecule has 7 heteroatoms. The van der Waals surface area contributed by atoms with E-state index >= 15 is 0 Å². The molecule has 4 rings (SSSR count). The molecule has 2 heterocycles. The van der Waals surface area contributed by atoms with E-state index in [-0.39, 0.29) is 15.7 Å². The van der Waals surface area contributed by atoms with E-state index in [1.54, 1.807) is 12.1 Å². The fourth-order valence-corrected chi connectivity index (χ4v) is 3.68. The number of esters is 1. The molecule has 0 aliphatic carbocycles. The number of hydrogen-bond acceptors (Lipinski definition) is 5. The van der Waals surface area contributed by atoms with Crippen molar-refractivity contribution in [2.75, 3.05) is 0 Å². The first-order chi connectivity index (χ1) is 12.6. The van der Waals surface area contributed by atoms with E-state index in [1.165, 1.54) is 23.6 Å². The van der Waals surface area contributed by atoms with Gasteiger partial charge in [0.2, 0.25) is 0 Å². The highest BCUT2D eigenvalue weighted by Gasteiger charge is 2.16. The summed E-state index contributed by atoms with van der Waals surface area (Å²) in [4.78, 5) is 21.0. The van der Waals surface area contributed by atoms with Crippen LogP contribution in [0.5, 0.6) is 5.75 Å². The number of benzene rings is 2. The maximum atomic E-state index is 12.5. The third-order valence-corrected chi connectivity index (χ3v) is 5.40. The lowest BCUT2D eigenvalue weighted by molar-refractivity contribution is 0.0735. The van der Waals surface area contributed by atoms with Gasteiger partial charge in [-0.2, -0.15) is 0 Å². The number of pyridine rings is 1. The van der Waals surface area contributed by atoms with Crippen molar-refractivity contribution in [3.8, 4) is 16.3 Å². The molecule has 0 spiro atoms. The van der Waals surface area contributed by atoms with Crippen molar-refractivity contribution in [1.82, 2.24) is 9.97 Å². The van der Waals surface area contributed by atoms with Gasteiger partial charge in [-0.25, -0.2) is 14.8 Å². The Kier molecular flexibility index (Phi) is 4.59. The van der Waals surface area contributed by atoms with Crippen LogP contribution in [0.3, 0.4) is 0 Å². The molecule has 4 aromatic rings. The highest BCUT2D eigenvalue weighted by Crippen LogP contribution is 2.36. The van der Waals surface area contributed by atoms with Crippen molar-refractivity contribution in [2.45, 2.75) is 0 Å². The lowest BCUT2D eigenvalue weighted by Gasteiger charge is -2.08. The van der Waals surface area contributed by atoms with Gasteiger partial charge in [0.1, 0.15) is 15.9 Å². The zero-order chi connectivity index (χ0) is 18.1. The Labute approximate surface area is 163 Å². The zero-order valence-corrected chi connectivity index (χ0v) is 15.5. The maximum Gasteiger partial charge on any atom is 0.345 e. The highest BCUT2D eigenvalue weighted by molar-refractivity contribution is 7.21.